The minimum Gasteiger partial charge on any atom is -0.352 e. The Morgan fingerprint density at radius 1 is 1.11 bits per heavy atom. The van der Waals surface area contributed by atoms with E-state index < -0.39 is 23.1 Å². The first kappa shape index (κ1) is 27.4. The Balaban J connectivity index is 1.34. The maximum atomic E-state index is 13.9. The van der Waals surface area contributed by atoms with Crippen molar-refractivity contribution in [2.45, 2.75) is 44.1 Å². The molecule has 2 amide bonds. The molecule has 0 radical (unpaired) electrons. The van der Waals surface area contributed by atoms with Crippen LogP contribution in [-0.2, 0) is 15.1 Å². The molecule has 4 rings (SSSR count). The van der Waals surface area contributed by atoms with E-state index >= 15 is 0 Å². The van der Waals surface area contributed by atoms with E-state index in [2.05, 4.69) is 15.1 Å². The highest BCUT2D eigenvalue weighted by atomic mass is 19.2. The Hall–Kier alpha value is -3.64. The number of allylic oxidation sites excluding steroid dienone is 1. The van der Waals surface area contributed by atoms with Crippen LogP contribution in [0.4, 0.5) is 13.2 Å². The van der Waals surface area contributed by atoms with E-state index in [1.807, 2.05) is 0 Å². The predicted molar refractivity (Wildman–Crippen MR) is 137 cm³/mol. The molecule has 0 bridgehead atoms. The minimum atomic E-state index is -1.02. The van der Waals surface area contributed by atoms with Crippen LogP contribution in [0.2, 0.25) is 0 Å². The van der Waals surface area contributed by atoms with Crippen LogP contribution in [0.3, 0.4) is 0 Å². The lowest BCUT2D eigenvalue weighted by atomic mass is 9.81. The van der Waals surface area contributed by atoms with Gasteiger partial charge < -0.3 is 20.0 Å². The van der Waals surface area contributed by atoms with Crippen LogP contribution in [0.15, 0.2) is 53.7 Å². The number of nitrogens with one attached hydrogen (secondary N) is 1. The second-order valence-corrected chi connectivity index (χ2v) is 9.98. The van der Waals surface area contributed by atoms with Gasteiger partial charge in [0.05, 0.1) is 0 Å². The smallest absolute Gasteiger partial charge is 0.260 e. The lowest BCUT2D eigenvalue weighted by Crippen LogP contribution is -2.42. The second-order valence-electron chi connectivity index (χ2n) is 9.98. The standard InChI is InChI=1S/C29H31F3N4O2/c1-19-27(23(18-26(37)35(19)3)20-5-10-24(31)25(32)17-20)28(38)34-13-4-14-36-15-11-29(33-2,12-16-36)21-6-8-22(30)9-7-21/h5-10,17,23H,4,11-16,18H2,1,3H3,(H,34,38). The van der Waals surface area contributed by atoms with Gasteiger partial charge >= 0.3 is 0 Å². The largest absolute Gasteiger partial charge is 0.352 e. The molecule has 200 valence electrons. The van der Waals surface area contributed by atoms with Crippen molar-refractivity contribution in [3.8, 4) is 0 Å². The van der Waals surface area contributed by atoms with Gasteiger partial charge in [0.15, 0.2) is 11.6 Å². The fourth-order valence-corrected chi connectivity index (χ4v) is 5.34. The van der Waals surface area contributed by atoms with E-state index in [1.54, 1.807) is 26.1 Å². The van der Waals surface area contributed by atoms with Crippen LogP contribution in [0.25, 0.3) is 4.85 Å². The molecule has 1 saturated heterocycles. The SMILES string of the molecule is [C-]#[N+]C1(c2ccc(F)cc2)CCN(CCCNC(=O)C2=C(C)N(C)C(=O)CC2c2ccc(F)c(F)c2)CC1. The van der Waals surface area contributed by atoms with Gasteiger partial charge in [0.2, 0.25) is 11.8 Å². The molecule has 9 heteroatoms. The summed E-state index contributed by atoms with van der Waals surface area (Å²) in [6.07, 6.45) is 1.98. The van der Waals surface area contributed by atoms with Gasteiger partial charge in [-0.05, 0) is 61.9 Å². The van der Waals surface area contributed by atoms with Crippen molar-refractivity contribution in [1.29, 1.82) is 0 Å². The summed E-state index contributed by atoms with van der Waals surface area (Å²) in [6.45, 7) is 12.0. The first-order valence-corrected chi connectivity index (χ1v) is 12.7. The molecule has 2 aliphatic heterocycles. The molecule has 6 nitrogen and oxygen atoms in total. The number of piperidine rings is 1. The molecule has 0 saturated carbocycles. The molecule has 1 atom stereocenters. The molecule has 1 unspecified atom stereocenters. The lowest BCUT2D eigenvalue weighted by molar-refractivity contribution is -0.129. The fourth-order valence-electron chi connectivity index (χ4n) is 5.34. The number of hydrogen-bond acceptors (Lipinski definition) is 3. The Labute approximate surface area is 220 Å². The molecule has 2 heterocycles. The van der Waals surface area contributed by atoms with E-state index in [4.69, 9.17) is 6.57 Å². The summed E-state index contributed by atoms with van der Waals surface area (Å²) in [5.74, 6) is -3.52. The van der Waals surface area contributed by atoms with Crippen molar-refractivity contribution in [3.63, 3.8) is 0 Å². The second kappa shape index (κ2) is 11.4. The highest BCUT2D eigenvalue weighted by Crippen LogP contribution is 2.38. The van der Waals surface area contributed by atoms with Crippen molar-refractivity contribution in [2.75, 3.05) is 33.2 Å². The van der Waals surface area contributed by atoms with E-state index in [1.165, 1.54) is 23.1 Å². The van der Waals surface area contributed by atoms with E-state index in [-0.39, 0.29) is 24.1 Å². The lowest BCUT2D eigenvalue weighted by Gasteiger charge is -2.34. The third-order valence-electron chi connectivity index (χ3n) is 7.80. The molecule has 2 aromatic carbocycles. The molecular weight excluding hydrogens is 493 g/mol. The van der Waals surface area contributed by atoms with Gasteiger partial charge in [-0.25, -0.2) is 19.7 Å². The van der Waals surface area contributed by atoms with Gasteiger partial charge in [-0.15, -0.1) is 0 Å². The monoisotopic (exact) mass is 524 g/mol. The average Bonchev–Trinajstić information content (AvgIpc) is 2.92. The molecule has 38 heavy (non-hydrogen) atoms. The van der Waals surface area contributed by atoms with Crippen LogP contribution in [-0.4, -0.2) is 54.8 Å². The summed E-state index contributed by atoms with van der Waals surface area (Å²) in [5, 5.41) is 2.93. The summed E-state index contributed by atoms with van der Waals surface area (Å²) >= 11 is 0. The van der Waals surface area contributed by atoms with Gasteiger partial charge in [0, 0.05) is 68.7 Å². The molecule has 0 spiro atoms. The number of rotatable bonds is 7. The molecule has 0 aliphatic carbocycles. The van der Waals surface area contributed by atoms with Gasteiger partial charge in [-0.1, -0.05) is 6.07 Å². The third kappa shape index (κ3) is 5.60. The number of benzene rings is 2. The highest BCUT2D eigenvalue weighted by molar-refractivity contribution is 5.99. The molecule has 2 aliphatic rings. The first-order chi connectivity index (χ1) is 18.1. The van der Waals surface area contributed by atoms with Crippen LogP contribution >= 0.6 is 0 Å². The Morgan fingerprint density at radius 2 is 1.79 bits per heavy atom. The molecule has 1 N–H and O–H groups in total. The third-order valence-corrected chi connectivity index (χ3v) is 7.80. The van der Waals surface area contributed by atoms with Gasteiger partial charge in [0.1, 0.15) is 5.82 Å². The number of carbonyl (C=O) groups is 2. The highest BCUT2D eigenvalue weighted by Gasteiger charge is 2.42. The van der Waals surface area contributed by atoms with E-state index in [0.29, 0.717) is 42.6 Å². The van der Waals surface area contributed by atoms with Crippen molar-refractivity contribution < 1.29 is 22.8 Å². The quantitative estimate of drug-likeness (QED) is 0.421. The number of halogens is 3. The first-order valence-electron chi connectivity index (χ1n) is 12.7. The predicted octanol–water partition coefficient (Wildman–Crippen LogP) is 4.74. The van der Waals surface area contributed by atoms with Gasteiger partial charge in [-0.2, -0.15) is 0 Å². The van der Waals surface area contributed by atoms with Crippen LogP contribution in [0.1, 0.15) is 49.7 Å². The average molecular weight is 525 g/mol. The number of hydrogen-bond donors (Lipinski definition) is 1. The molecule has 1 fully saturated rings. The topological polar surface area (TPSA) is 57.0 Å². The van der Waals surface area contributed by atoms with E-state index in [0.717, 1.165) is 37.3 Å². The van der Waals surface area contributed by atoms with Gasteiger partial charge in [-0.3, -0.25) is 9.59 Å². The maximum Gasteiger partial charge on any atom is 0.260 e. The summed E-state index contributed by atoms with van der Waals surface area (Å²) in [5.41, 5.74) is 1.45. The van der Waals surface area contributed by atoms with Crippen LogP contribution in [0.5, 0.6) is 0 Å². The number of likely N-dealkylation sites (tertiary alicyclic amines) is 1. The molecular formula is C29H31F3N4O2. The number of nitrogens with zero attached hydrogens (tertiary/aromatic N) is 3. The van der Waals surface area contributed by atoms with Gasteiger partial charge in [0.25, 0.3) is 5.54 Å². The van der Waals surface area contributed by atoms with Crippen molar-refractivity contribution >= 4 is 11.8 Å². The zero-order chi connectivity index (χ0) is 27.4. The Morgan fingerprint density at radius 3 is 2.42 bits per heavy atom. The minimum absolute atomic E-state index is 0.00764. The van der Waals surface area contributed by atoms with Crippen molar-refractivity contribution in [3.05, 3.63) is 93.7 Å². The maximum absolute atomic E-state index is 13.9. The van der Waals surface area contributed by atoms with Crippen molar-refractivity contribution in [1.82, 2.24) is 15.1 Å². The molecule has 0 aromatic heterocycles. The van der Waals surface area contributed by atoms with Crippen LogP contribution in [0, 0.1) is 24.0 Å². The summed E-state index contributed by atoms with van der Waals surface area (Å²) in [7, 11) is 1.60. The number of amides is 2. The van der Waals surface area contributed by atoms with E-state index in [9.17, 15) is 22.8 Å². The van der Waals surface area contributed by atoms with Crippen molar-refractivity contribution in [2.24, 2.45) is 0 Å². The number of carbonyl (C=O) groups excluding carboxylic acids is 2. The summed E-state index contributed by atoms with van der Waals surface area (Å²) in [4.78, 5) is 33.3. The zero-order valence-corrected chi connectivity index (χ0v) is 21.6. The Bertz CT molecular complexity index is 1280. The zero-order valence-electron chi connectivity index (χ0n) is 21.6. The molecule has 2 aromatic rings. The fraction of sp³-hybridized carbons (Fsp3) is 0.414. The summed E-state index contributed by atoms with van der Waals surface area (Å²) < 4.78 is 40.7. The normalized spacial score (nSPS) is 19.8. The van der Waals surface area contributed by atoms with Crippen LogP contribution < -0.4 is 5.32 Å². The Kier molecular flexibility index (Phi) is 8.22. The summed E-state index contributed by atoms with van der Waals surface area (Å²) in [6, 6.07) is 9.64.